The number of nitro groups is 1. The molecule has 0 saturated carbocycles. The molecule has 0 radical (unpaired) electrons. The number of benzene rings is 2. The molecular weight excluding hydrogens is 336 g/mol. The first-order chi connectivity index (χ1) is 11.5. The molecule has 1 aliphatic rings. The summed E-state index contributed by atoms with van der Waals surface area (Å²) in [4.78, 5) is 24.0. The average Bonchev–Trinajstić information content (AvgIpc) is 2.60. The van der Waals surface area contributed by atoms with E-state index in [0.29, 0.717) is 17.1 Å². The number of carbonyl (C=O) groups excluding carboxylic acids is 1. The topological polar surface area (TPSA) is 81.9 Å². The SMILES string of the molecule is COC(=O)[C@@H]1CN(c2ccc([N+](=O)[O-])cc2Cl)c2ccccc2O1. The molecular formula is C16H13ClN2O5. The smallest absolute Gasteiger partial charge is 0.348 e. The molecule has 8 heteroatoms. The predicted octanol–water partition coefficient (Wildman–Crippen LogP) is 3.32. The van der Waals surface area contributed by atoms with E-state index in [4.69, 9.17) is 21.1 Å². The Kier molecular flexibility index (Phi) is 4.26. The van der Waals surface area contributed by atoms with E-state index in [1.807, 2.05) is 12.1 Å². The number of nitro benzene ring substituents is 1. The number of ether oxygens (including phenoxy) is 2. The lowest BCUT2D eigenvalue weighted by atomic mass is 10.1. The van der Waals surface area contributed by atoms with Crippen molar-refractivity contribution in [3.8, 4) is 5.75 Å². The second-order valence-electron chi connectivity index (χ2n) is 5.10. The Balaban J connectivity index is 2.05. The van der Waals surface area contributed by atoms with Crippen LogP contribution >= 0.6 is 11.6 Å². The molecule has 2 aromatic rings. The second-order valence-corrected chi connectivity index (χ2v) is 5.51. The zero-order chi connectivity index (χ0) is 17.3. The largest absolute Gasteiger partial charge is 0.475 e. The highest BCUT2D eigenvalue weighted by molar-refractivity contribution is 6.33. The van der Waals surface area contributed by atoms with Gasteiger partial charge < -0.3 is 14.4 Å². The number of hydrogen-bond donors (Lipinski definition) is 0. The number of carbonyl (C=O) groups is 1. The van der Waals surface area contributed by atoms with E-state index in [1.165, 1.54) is 19.2 Å². The first kappa shape index (κ1) is 16.1. The van der Waals surface area contributed by atoms with E-state index in [2.05, 4.69) is 0 Å². The number of fused-ring (bicyclic) bond motifs is 1. The monoisotopic (exact) mass is 348 g/mol. The molecule has 1 atom stereocenters. The van der Waals surface area contributed by atoms with Gasteiger partial charge in [0.15, 0.2) is 0 Å². The molecule has 0 aromatic heterocycles. The standard InChI is InChI=1S/C16H13ClN2O5/c1-23-16(20)15-9-18(13-4-2-3-5-14(13)24-15)12-7-6-10(19(21)22)8-11(12)17/h2-8,15H,9H2,1H3/t15-/m0/s1. The van der Waals surface area contributed by atoms with Gasteiger partial charge in [-0.1, -0.05) is 23.7 Å². The molecule has 3 rings (SSSR count). The molecule has 1 aliphatic heterocycles. The van der Waals surface area contributed by atoms with E-state index >= 15 is 0 Å². The van der Waals surface area contributed by atoms with Crippen molar-refractivity contribution in [2.45, 2.75) is 6.10 Å². The number of non-ortho nitro benzene ring substituents is 1. The van der Waals surface area contributed by atoms with E-state index in [0.717, 1.165) is 0 Å². The number of nitrogens with zero attached hydrogens (tertiary/aromatic N) is 2. The Hall–Kier alpha value is -2.80. The van der Waals surface area contributed by atoms with Crippen molar-refractivity contribution in [2.75, 3.05) is 18.6 Å². The van der Waals surface area contributed by atoms with Crippen molar-refractivity contribution in [3.63, 3.8) is 0 Å². The van der Waals surface area contributed by atoms with Crippen LogP contribution in [0.4, 0.5) is 17.1 Å². The Bertz CT molecular complexity index is 811. The molecule has 0 N–H and O–H groups in total. The highest BCUT2D eigenvalue weighted by Crippen LogP contribution is 2.41. The van der Waals surface area contributed by atoms with Crippen molar-refractivity contribution in [1.82, 2.24) is 0 Å². The van der Waals surface area contributed by atoms with Crippen LogP contribution in [0.1, 0.15) is 0 Å². The summed E-state index contributed by atoms with van der Waals surface area (Å²) >= 11 is 6.23. The predicted molar refractivity (Wildman–Crippen MR) is 88.0 cm³/mol. The van der Waals surface area contributed by atoms with Gasteiger partial charge in [-0.25, -0.2) is 4.79 Å². The van der Waals surface area contributed by atoms with Crippen molar-refractivity contribution in [1.29, 1.82) is 0 Å². The van der Waals surface area contributed by atoms with E-state index in [-0.39, 0.29) is 17.3 Å². The lowest BCUT2D eigenvalue weighted by molar-refractivity contribution is -0.384. The minimum absolute atomic E-state index is 0.102. The number of anilines is 2. The lowest BCUT2D eigenvalue weighted by Crippen LogP contribution is -2.43. The number of methoxy groups -OCH3 is 1. The van der Waals surface area contributed by atoms with Crippen LogP contribution in [0, 0.1) is 10.1 Å². The molecule has 0 fully saturated rings. The summed E-state index contributed by atoms with van der Waals surface area (Å²) in [7, 11) is 1.29. The van der Waals surface area contributed by atoms with Crippen LogP contribution < -0.4 is 9.64 Å². The number of para-hydroxylation sites is 2. The van der Waals surface area contributed by atoms with Crippen LogP contribution in [0.2, 0.25) is 5.02 Å². The molecule has 0 spiro atoms. The Morgan fingerprint density at radius 2 is 2.08 bits per heavy atom. The number of rotatable bonds is 3. The molecule has 7 nitrogen and oxygen atoms in total. The van der Waals surface area contributed by atoms with Crippen LogP contribution in [-0.4, -0.2) is 30.7 Å². The number of hydrogen-bond acceptors (Lipinski definition) is 6. The number of halogens is 1. The summed E-state index contributed by atoms with van der Waals surface area (Å²) in [6.45, 7) is 0.182. The highest BCUT2D eigenvalue weighted by Gasteiger charge is 2.33. The molecule has 0 amide bonds. The molecule has 124 valence electrons. The second kappa shape index (κ2) is 6.37. The minimum atomic E-state index is -0.823. The average molecular weight is 349 g/mol. The summed E-state index contributed by atoms with van der Waals surface area (Å²) in [5.41, 5.74) is 1.16. The Morgan fingerprint density at radius 1 is 1.33 bits per heavy atom. The zero-order valence-corrected chi connectivity index (χ0v) is 13.4. The van der Waals surface area contributed by atoms with Gasteiger partial charge in [-0.2, -0.15) is 0 Å². The van der Waals surface area contributed by atoms with E-state index in [9.17, 15) is 14.9 Å². The lowest BCUT2D eigenvalue weighted by Gasteiger charge is -2.35. The molecule has 1 heterocycles. The molecule has 0 aliphatic carbocycles. The molecule has 0 saturated heterocycles. The highest BCUT2D eigenvalue weighted by atomic mass is 35.5. The van der Waals surface area contributed by atoms with E-state index < -0.39 is 17.0 Å². The third-order valence-corrected chi connectivity index (χ3v) is 3.97. The van der Waals surface area contributed by atoms with Gasteiger partial charge in [0.2, 0.25) is 6.10 Å². The van der Waals surface area contributed by atoms with Gasteiger partial charge in [-0.3, -0.25) is 10.1 Å². The van der Waals surface area contributed by atoms with Gasteiger partial charge in [-0.15, -0.1) is 0 Å². The minimum Gasteiger partial charge on any atom is -0.475 e. The van der Waals surface area contributed by atoms with Crippen LogP contribution in [-0.2, 0) is 9.53 Å². The third-order valence-electron chi connectivity index (χ3n) is 3.67. The summed E-state index contributed by atoms with van der Waals surface area (Å²) in [6.07, 6.45) is -0.823. The van der Waals surface area contributed by atoms with Gasteiger partial charge in [0.25, 0.3) is 5.69 Å². The van der Waals surface area contributed by atoms with Gasteiger partial charge >= 0.3 is 5.97 Å². The van der Waals surface area contributed by atoms with Crippen LogP contribution in [0.25, 0.3) is 0 Å². The van der Waals surface area contributed by atoms with Crippen molar-refractivity contribution in [3.05, 3.63) is 57.6 Å². The first-order valence-electron chi connectivity index (χ1n) is 7.06. The zero-order valence-electron chi connectivity index (χ0n) is 12.6. The van der Waals surface area contributed by atoms with Crippen molar-refractivity contribution < 1.29 is 19.2 Å². The molecule has 0 bridgehead atoms. The van der Waals surface area contributed by atoms with Gasteiger partial charge in [-0.05, 0) is 18.2 Å². The fourth-order valence-corrected chi connectivity index (χ4v) is 2.82. The summed E-state index contributed by atoms with van der Waals surface area (Å²) in [5, 5.41) is 11.1. The van der Waals surface area contributed by atoms with Gasteiger partial charge in [0.05, 0.1) is 35.0 Å². The molecule has 2 aromatic carbocycles. The maximum atomic E-state index is 11.9. The van der Waals surface area contributed by atoms with Gasteiger partial charge in [0.1, 0.15) is 5.75 Å². The molecule has 24 heavy (non-hydrogen) atoms. The van der Waals surface area contributed by atoms with Crippen molar-refractivity contribution >= 4 is 34.6 Å². The fourth-order valence-electron chi connectivity index (χ4n) is 2.55. The maximum absolute atomic E-state index is 11.9. The first-order valence-corrected chi connectivity index (χ1v) is 7.44. The van der Waals surface area contributed by atoms with Crippen LogP contribution in [0.15, 0.2) is 42.5 Å². The van der Waals surface area contributed by atoms with Crippen LogP contribution in [0.3, 0.4) is 0 Å². The van der Waals surface area contributed by atoms with E-state index in [1.54, 1.807) is 23.1 Å². The summed E-state index contributed by atoms with van der Waals surface area (Å²) in [5.74, 6) is 0.00102. The van der Waals surface area contributed by atoms with Crippen LogP contribution in [0.5, 0.6) is 5.75 Å². The molecule has 0 unspecified atom stereocenters. The summed E-state index contributed by atoms with van der Waals surface area (Å²) < 4.78 is 10.4. The third kappa shape index (κ3) is 2.85. The maximum Gasteiger partial charge on any atom is 0.348 e. The van der Waals surface area contributed by atoms with Crippen molar-refractivity contribution in [2.24, 2.45) is 0 Å². The quantitative estimate of drug-likeness (QED) is 0.481. The van der Waals surface area contributed by atoms with Gasteiger partial charge in [0, 0.05) is 12.1 Å². The summed E-state index contributed by atoms with van der Waals surface area (Å²) in [6, 6.07) is 11.4. The Labute approximate surface area is 142 Å². The number of esters is 1. The normalized spacial score (nSPS) is 16.1. The fraction of sp³-hybridized carbons (Fsp3) is 0.188. The Morgan fingerprint density at radius 3 is 2.75 bits per heavy atom.